The van der Waals surface area contributed by atoms with E-state index < -0.39 is 6.10 Å². The van der Waals surface area contributed by atoms with Gasteiger partial charge in [-0.2, -0.15) is 5.10 Å². The first-order valence-corrected chi connectivity index (χ1v) is 5.11. The van der Waals surface area contributed by atoms with Gasteiger partial charge in [-0.3, -0.25) is 5.10 Å². The van der Waals surface area contributed by atoms with Crippen LogP contribution in [-0.4, -0.2) is 26.8 Å². The second-order valence-electron chi connectivity index (χ2n) is 3.81. The van der Waals surface area contributed by atoms with Crippen molar-refractivity contribution in [3.63, 3.8) is 0 Å². The van der Waals surface area contributed by atoms with Crippen molar-refractivity contribution >= 4 is 0 Å². The van der Waals surface area contributed by atoms with Gasteiger partial charge in [-0.05, 0) is 12.8 Å². The van der Waals surface area contributed by atoms with E-state index in [1.807, 2.05) is 0 Å². The Kier molecular flexibility index (Phi) is 2.79. The Balaban J connectivity index is 2.08. The van der Waals surface area contributed by atoms with Gasteiger partial charge in [0, 0.05) is 12.5 Å². The molecule has 14 heavy (non-hydrogen) atoms. The Hall–Kier alpha value is -0.940. The summed E-state index contributed by atoms with van der Waals surface area (Å²) in [5.74, 6) is 1.83. The fourth-order valence-electron chi connectivity index (χ4n) is 1.92. The summed E-state index contributed by atoms with van der Waals surface area (Å²) in [6.07, 6.45) is 4.14. The molecule has 2 rings (SSSR count). The number of aromatic amines is 1. The minimum Gasteiger partial charge on any atom is -0.384 e. The van der Waals surface area contributed by atoms with Gasteiger partial charge in [0.2, 0.25) is 0 Å². The third kappa shape index (κ3) is 1.78. The fraction of sp³-hybridized carbons (Fsp3) is 0.778. The molecule has 5 nitrogen and oxygen atoms in total. The van der Waals surface area contributed by atoms with E-state index in [0.717, 1.165) is 5.82 Å². The van der Waals surface area contributed by atoms with Crippen molar-refractivity contribution in [1.29, 1.82) is 0 Å². The van der Waals surface area contributed by atoms with Crippen LogP contribution in [0.15, 0.2) is 0 Å². The van der Waals surface area contributed by atoms with Gasteiger partial charge in [-0.15, -0.1) is 0 Å². The van der Waals surface area contributed by atoms with Crippen molar-refractivity contribution in [2.45, 2.75) is 37.7 Å². The van der Waals surface area contributed by atoms with Gasteiger partial charge >= 0.3 is 0 Å². The van der Waals surface area contributed by atoms with Crippen molar-refractivity contribution in [3.05, 3.63) is 11.6 Å². The number of rotatable bonds is 3. The third-order valence-electron chi connectivity index (χ3n) is 2.78. The number of aliphatic hydroxyl groups is 1. The predicted molar refractivity (Wildman–Crippen MR) is 51.6 cm³/mol. The zero-order valence-corrected chi connectivity index (χ0v) is 8.11. The molecule has 0 aromatic carbocycles. The molecular formula is C9H16N4O. The lowest BCUT2D eigenvalue weighted by atomic mass is 10.1. The Labute approximate surface area is 82.7 Å². The molecule has 1 saturated carbocycles. The van der Waals surface area contributed by atoms with Crippen LogP contribution in [0.25, 0.3) is 0 Å². The van der Waals surface area contributed by atoms with Crippen molar-refractivity contribution < 1.29 is 5.11 Å². The Morgan fingerprint density at radius 1 is 1.50 bits per heavy atom. The highest BCUT2D eigenvalue weighted by Gasteiger charge is 2.21. The van der Waals surface area contributed by atoms with Crippen molar-refractivity contribution in [2.75, 3.05) is 6.54 Å². The van der Waals surface area contributed by atoms with E-state index in [9.17, 15) is 5.11 Å². The summed E-state index contributed by atoms with van der Waals surface area (Å²) >= 11 is 0. The van der Waals surface area contributed by atoms with E-state index in [2.05, 4.69) is 15.2 Å². The molecule has 1 aromatic rings. The van der Waals surface area contributed by atoms with Crippen LogP contribution in [0.4, 0.5) is 0 Å². The number of hydrogen-bond acceptors (Lipinski definition) is 4. The molecule has 5 heteroatoms. The first-order valence-electron chi connectivity index (χ1n) is 5.11. The topological polar surface area (TPSA) is 87.8 Å². The van der Waals surface area contributed by atoms with Crippen LogP contribution in [0, 0.1) is 0 Å². The van der Waals surface area contributed by atoms with E-state index in [1.165, 1.54) is 25.7 Å². The summed E-state index contributed by atoms with van der Waals surface area (Å²) in [5, 5.41) is 16.3. The fourth-order valence-corrected chi connectivity index (χ4v) is 1.92. The Bertz CT molecular complexity index is 293. The molecule has 0 amide bonds. The largest absolute Gasteiger partial charge is 0.384 e. The van der Waals surface area contributed by atoms with Crippen LogP contribution in [-0.2, 0) is 0 Å². The standard InChI is InChI=1S/C9H16N4O/c10-5-7(14)9-11-8(12-13-9)6-3-1-2-4-6/h6-7,14H,1-5,10H2,(H,11,12,13)/t7-/m0/s1. The minimum atomic E-state index is -0.735. The molecule has 0 aliphatic heterocycles. The van der Waals surface area contributed by atoms with E-state index >= 15 is 0 Å². The van der Waals surface area contributed by atoms with Crippen LogP contribution in [0.1, 0.15) is 49.4 Å². The van der Waals surface area contributed by atoms with Crippen LogP contribution in [0.2, 0.25) is 0 Å². The SMILES string of the molecule is NC[C@H](O)c1n[nH]c(C2CCCC2)n1. The summed E-state index contributed by atoms with van der Waals surface area (Å²) in [5.41, 5.74) is 5.32. The van der Waals surface area contributed by atoms with Gasteiger partial charge in [0.05, 0.1) is 0 Å². The quantitative estimate of drug-likeness (QED) is 0.655. The first kappa shape index (κ1) is 9.61. The highest BCUT2D eigenvalue weighted by Crippen LogP contribution is 2.32. The maximum Gasteiger partial charge on any atom is 0.180 e. The summed E-state index contributed by atoms with van der Waals surface area (Å²) in [6, 6.07) is 0. The minimum absolute atomic E-state index is 0.169. The lowest BCUT2D eigenvalue weighted by Crippen LogP contribution is -2.13. The van der Waals surface area contributed by atoms with Gasteiger partial charge < -0.3 is 10.8 Å². The molecule has 0 bridgehead atoms. The maximum absolute atomic E-state index is 9.42. The van der Waals surface area contributed by atoms with Crippen molar-refractivity contribution in [1.82, 2.24) is 15.2 Å². The maximum atomic E-state index is 9.42. The smallest absolute Gasteiger partial charge is 0.180 e. The molecule has 4 N–H and O–H groups in total. The van der Waals surface area contributed by atoms with Crippen LogP contribution < -0.4 is 5.73 Å². The number of H-pyrrole nitrogens is 1. The summed E-state index contributed by atoms with van der Waals surface area (Å²) in [4.78, 5) is 4.27. The van der Waals surface area contributed by atoms with Gasteiger partial charge in [0.15, 0.2) is 5.82 Å². The number of aromatic nitrogens is 3. The average Bonchev–Trinajstić information content (AvgIpc) is 2.86. The first-order chi connectivity index (χ1) is 6.81. The van der Waals surface area contributed by atoms with Crippen LogP contribution in [0.5, 0.6) is 0 Å². The van der Waals surface area contributed by atoms with Crippen molar-refractivity contribution in [3.8, 4) is 0 Å². The van der Waals surface area contributed by atoms with Crippen molar-refractivity contribution in [2.24, 2.45) is 5.73 Å². The second-order valence-corrected chi connectivity index (χ2v) is 3.81. The monoisotopic (exact) mass is 196 g/mol. The summed E-state index contributed by atoms with van der Waals surface area (Å²) < 4.78 is 0. The summed E-state index contributed by atoms with van der Waals surface area (Å²) in [7, 11) is 0. The lowest BCUT2D eigenvalue weighted by molar-refractivity contribution is 0.177. The molecule has 1 heterocycles. The Morgan fingerprint density at radius 2 is 2.21 bits per heavy atom. The number of hydrogen-bond donors (Lipinski definition) is 3. The van der Waals surface area contributed by atoms with Gasteiger partial charge in [-0.1, -0.05) is 12.8 Å². The zero-order valence-electron chi connectivity index (χ0n) is 8.11. The van der Waals surface area contributed by atoms with Crippen LogP contribution >= 0.6 is 0 Å². The van der Waals surface area contributed by atoms with E-state index in [4.69, 9.17) is 5.73 Å². The molecule has 0 unspecified atom stereocenters. The van der Waals surface area contributed by atoms with E-state index in [1.54, 1.807) is 0 Å². The second kappa shape index (κ2) is 4.06. The highest BCUT2D eigenvalue weighted by molar-refractivity contribution is 5.01. The molecule has 1 aliphatic rings. The van der Waals surface area contributed by atoms with Gasteiger partial charge in [0.25, 0.3) is 0 Å². The van der Waals surface area contributed by atoms with Gasteiger partial charge in [0.1, 0.15) is 11.9 Å². The van der Waals surface area contributed by atoms with Gasteiger partial charge in [-0.25, -0.2) is 4.98 Å². The molecule has 0 radical (unpaired) electrons. The van der Waals surface area contributed by atoms with E-state index in [0.29, 0.717) is 11.7 Å². The average molecular weight is 196 g/mol. The summed E-state index contributed by atoms with van der Waals surface area (Å²) in [6.45, 7) is 0.169. The molecule has 1 aliphatic carbocycles. The molecular weight excluding hydrogens is 180 g/mol. The van der Waals surface area contributed by atoms with Crippen LogP contribution in [0.3, 0.4) is 0 Å². The molecule has 1 fully saturated rings. The zero-order chi connectivity index (χ0) is 9.97. The molecule has 1 aromatic heterocycles. The molecule has 78 valence electrons. The normalized spacial score (nSPS) is 20.1. The third-order valence-corrected chi connectivity index (χ3v) is 2.78. The number of aliphatic hydroxyl groups excluding tert-OH is 1. The highest BCUT2D eigenvalue weighted by atomic mass is 16.3. The molecule has 1 atom stereocenters. The number of nitrogens with two attached hydrogens (primary N) is 1. The Morgan fingerprint density at radius 3 is 2.86 bits per heavy atom. The number of nitrogens with zero attached hydrogens (tertiary/aromatic N) is 2. The molecule has 0 saturated heterocycles. The molecule has 0 spiro atoms. The van der Waals surface area contributed by atoms with E-state index in [-0.39, 0.29) is 6.54 Å². The lowest BCUT2D eigenvalue weighted by Gasteiger charge is -2.03. The number of nitrogens with one attached hydrogen (secondary N) is 1. The predicted octanol–water partition coefficient (Wildman–Crippen LogP) is 0.454.